The van der Waals surface area contributed by atoms with E-state index < -0.39 is 15.7 Å². The van der Waals surface area contributed by atoms with Crippen LogP contribution in [0.4, 0.5) is 0 Å². The highest BCUT2D eigenvalue weighted by atomic mass is 35.5. The van der Waals surface area contributed by atoms with E-state index in [0.29, 0.717) is 10.6 Å². The van der Waals surface area contributed by atoms with Crippen molar-refractivity contribution in [1.29, 1.82) is 0 Å². The van der Waals surface area contributed by atoms with E-state index in [0.717, 1.165) is 0 Å². The maximum Gasteiger partial charge on any atom is 0.290 e. The van der Waals surface area contributed by atoms with E-state index in [2.05, 4.69) is 15.5 Å². The van der Waals surface area contributed by atoms with Gasteiger partial charge in [0.05, 0.1) is 21.5 Å². The lowest BCUT2D eigenvalue weighted by atomic mass is 10.2. The molecule has 0 saturated carbocycles. The molecule has 132 valence electrons. The van der Waals surface area contributed by atoms with Gasteiger partial charge >= 0.3 is 0 Å². The molecule has 26 heavy (non-hydrogen) atoms. The maximum absolute atomic E-state index is 12.6. The summed E-state index contributed by atoms with van der Waals surface area (Å²) in [7, 11) is -3.62. The van der Waals surface area contributed by atoms with Crippen LogP contribution in [0.15, 0.2) is 74.3 Å². The molecular formula is C17H12ClN3O3S2. The first kappa shape index (κ1) is 18.2. The normalized spacial score (nSPS) is 11.6. The standard InChI is InChI=1S/C17H12ClN3O3S2/c18-13-3-7-15(8-4-13)26(23,24)14-5-1-12(2-6-14)9-20-21-17(22)16-10-25-11-19-16/h1-11H,(H,21,22)/b20-9-. The number of rotatable bonds is 5. The Morgan fingerprint density at radius 3 is 2.27 bits per heavy atom. The van der Waals surface area contributed by atoms with Crippen molar-refractivity contribution in [2.75, 3.05) is 0 Å². The Kier molecular flexibility index (Phi) is 5.46. The minimum atomic E-state index is -3.62. The number of carbonyl (C=O) groups excluding carboxylic acids is 1. The largest absolute Gasteiger partial charge is 0.290 e. The fourth-order valence-electron chi connectivity index (χ4n) is 2.03. The van der Waals surface area contributed by atoms with Crippen LogP contribution in [0.2, 0.25) is 5.02 Å². The minimum absolute atomic E-state index is 0.156. The first-order valence-corrected chi connectivity index (χ1v) is 10.1. The summed E-state index contributed by atoms with van der Waals surface area (Å²) in [5.74, 6) is -0.413. The van der Waals surface area contributed by atoms with Crippen molar-refractivity contribution in [1.82, 2.24) is 10.4 Å². The van der Waals surface area contributed by atoms with Gasteiger partial charge in [-0.25, -0.2) is 18.8 Å². The van der Waals surface area contributed by atoms with E-state index in [4.69, 9.17) is 11.6 Å². The molecule has 3 rings (SSSR count). The first-order valence-electron chi connectivity index (χ1n) is 7.29. The summed E-state index contributed by atoms with van der Waals surface area (Å²) in [6.45, 7) is 0. The van der Waals surface area contributed by atoms with Crippen LogP contribution < -0.4 is 5.43 Å². The van der Waals surface area contributed by atoms with Gasteiger partial charge in [-0.05, 0) is 42.0 Å². The number of hydrogen-bond donors (Lipinski definition) is 1. The molecule has 1 aromatic heterocycles. The van der Waals surface area contributed by atoms with E-state index in [1.165, 1.54) is 53.9 Å². The third-order valence-corrected chi connectivity index (χ3v) is 5.98. The number of nitrogens with zero attached hydrogens (tertiary/aromatic N) is 2. The lowest BCUT2D eigenvalue weighted by molar-refractivity contribution is 0.0951. The van der Waals surface area contributed by atoms with Gasteiger partial charge in [-0.1, -0.05) is 23.7 Å². The Hall–Kier alpha value is -2.55. The molecule has 0 aliphatic carbocycles. The monoisotopic (exact) mass is 405 g/mol. The van der Waals surface area contributed by atoms with E-state index in [1.54, 1.807) is 23.0 Å². The molecule has 0 unspecified atom stereocenters. The van der Waals surface area contributed by atoms with Gasteiger partial charge < -0.3 is 0 Å². The first-order chi connectivity index (χ1) is 12.5. The highest BCUT2D eigenvalue weighted by Crippen LogP contribution is 2.22. The summed E-state index contributed by atoms with van der Waals surface area (Å²) in [6, 6.07) is 12.1. The van der Waals surface area contributed by atoms with Gasteiger partial charge in [0.2, 0.25) is 9.84 Å². The maximum atomic E-state index is 12.6. The van der Waals surface area contributed by atoms with Gasteiger partial charge in [0.25, 0.3) is 5.91 Å². The summed E-state index contributed by atoms with van der Waals surface area (Å²) < 4.78 is 25.1. The zero-order valence-electron chi connectivity index (χ0n) is 13.2. The summed E-state index contributed by atoms with van der Waals surface area (Å²) in [4.78, 5) is 15.9. The van der Waals surface area contributed by atoms with Crippen molar-refractivity contribution in [3.63, 3.8) is 0 Å². The molecule has 0 aliphatic heterocycles. The average Bonchev–Trinajstić information content (AvgIpc) is 3.17. The van der Waals surface area contributed by atoms with Crippen molar-refractivity contribution < 1.29 is 13.2 Å². The fraction of sp³-hybridized carbons (Fsp3) is 0. The van der Waals surface area contributed by atoms with Crippen molar-refractivity contribution in [3.8, 4) is 0 Å². The molecule has 0 atom stereocenters. The second-order valence-electron chi connectivity index (χ2n) is 5.10. The van der Waals surface area contributed by atoms with Crippen LogP contribution in [0.3, 0.4) is 0 Å². The molecule has 0 bridgehead atoms. The molecule has 0 spiro atoms. The van der Waals surface area contributed by atoms with Crippen LogP contribution in [0.5, 0.6) is 0 Å². The third-order valence-electron chi connectivity index (χ3n) is 3.36. The van der Waals surface area contributed by atoms with E-state index in [9.17, 15) is 13.2 Å². The smallest absolute Gasteiger partial charge is 0.266 e. The van der Waals surface area contributed by atoms with Gasteiger partial charge in [-0.2, -0.15) is 5.10 Å². The molecule has 0 aliphatic rings. The number of nitrogens with one attached hydrogen (secondary N) is 1. The number of aromatic nitrogens is 1. The van der Waals surface area contributed by atoms with Gasteiger partial charge in [-0.3, -0.25) is 4.79 Å². The SMILES string of the molecule is O=C(N/N=C\c1ccc(S(=O)(=O)c2ccc(Cl)cc2)cc1)c1cscn1. The van der Waals surface area contributed by atoms with E-state index in [-0.39, 0.29) is 15.5 Å². The number of hydrazone groups is 1. The zero-order chi connectivity index (χ0) is 18.6. The van der Waals surface area contributed by atoms with Crippen molar-refractivity contribution in [2.24, 2.45) is 5.10 Å². The zero-order valence-corrected chi connectivity index (χ0v) is 15.6. The molecular weight excluding hydrogens is 394 g/mol. The van der Waals surface area contributed by atoms with E-state index in [1.807, 2.05) is 0 Å². The number of sulfone groups is 1. The Morgan fingerprint density at radius 1 is 1.08 bits per heavy atom. The predicted octanol–water partition coefficient (Wildman–Crippen LogP) is 3.39. The summed E-state index contributed by atoms with van der Waals surface area (Å²) >= 11 is 7.10. The number of amides is 1. The van der Waals surface area contributed by atoms with Gasteiger partial charge in [0.1, 0.15) is 5.69 Å². The van der Waals surface area contributed by atoms with Crippen LogP contribution in [-0.2, 0) is 9.84 Å². The second kappa shape index (κ2) is 7.77. The number of benzene rings is 2. The lowest BCUT2D eigenvalue weighted by Crippen LogP contribution is -2.17. The molecule has 3 aromatic rings. The third kappa shape index (κ3) is 4.16. The minimum Gasteiger partial charge on any atom is -0.266 e. The van der Waals surface area contributed by atoms with Gasteiger partial charge in [0, 0.05) is 10.4 Å². The number of carbonyl (C=O) groups is 1. The molecule has 1 amide bonds. The summed E-state index contributed by atoms with van der Waals surface area (Å²) in [5.41, 5.74) is 4.83. The fourth-order valence-corrected chi connectivity index (χ4v) is 3.95. The molecule has 1 heterocycles. The van der Waals surface area contributed by atoms with Crippen LogP contribution in [-0.4, -0.2) is 25.5 Å². The highest BCUT2D eigenvalue weighted by molar-refractivity contribution is 7.91. The predicted molar refractivity (Wildman–Crippen MR) is 101 cm³/mol. The molecule has 2 aromatic carbocycles. The molecule has 0 fully saturated rings. The second-order valence-corrected chi connectivity index (χ2v) is 8.20. The Balaban J connectivity index is 1.71. The number of thiazole rings is 1. The number of hydrogen-bond acceptors (Lipinski definition) is 6. The highest BCUT2D eigenvalue weighted by Gasteiger charge is 2.17. The molecule has 1 N–H and O–H groups in total. The van der Waals surface area contributed by atoms with Crippen LogP contribution in [0, 0.1) is 0 Å². The Labute approximate surface area is 159 Å². The Morgan fingerprint density at radius 2 is 1.69 bits per heavy atom. The van der Waals surface area contributed by atoms with E-state index >= 15 is 0 Å². The molecule has 0 radical (unpaired) electrons. The molecule has 6 nitrogen and oxygen atoms in total. The van der Waals surface area contributed by atoms with Gasteiger partial charge in [0.15, 0.2) is 0 Å². The molecule has 0 saturated heterocycles. The average molecular weight is 406 g/mol. The van der Waals surface area contributed by atoms with Crippen LogP contribution in [0.1, 0.15) is 16.1 Å². The lowest BCUT2D eigenvalue weighted by Gasteiger charge is -2.05. The molecule has 9 heteroatoms. The van der Waals surface area contributed by atoms with Crippen LogP contribution >= 0.6 is 22.9 Å². The quantitative estimate of drug-likeness (QED) is 0.520. The van der Waals surface area contributed by atoms with Gasteiger partial charge in [-0.15, -0.1) is 11.3 Å². The topological polar surface area (TPSA) is 88.5 Å². The summed E-state index contributed by atoms with van der Waals surface area (Å²) in [5, 5.41) is 5.91. The summed E-state index contributed by atoms with van der Waals surface area (Å²) in [6.07, 6.45) is 1.42. The Bertz CT molecular complexity index is 1030. The van der Waals surface area contributed by atoms with Crippen molar-refractivity contribution in [3.05, 3.63) is 75.7 Å². The number of halogens is 1. The van der Waals surface area contributed by atoms with Crippen molar-refractivity contribution in [2.45, 2.75) is 9.79 Å². The van der Waals surface area contributed by atoms with Crippen molar-refractivity contribution >= 4 is 44.9 Å². The van der Waals surface area contributed by atoms with Crippen LogP contribution in [0.25, 0.3) is 0 Å².